The van der Waals surface area contributed by atoms with Crippen LogP contribution in [-0.2, 0) is 0 Å². The maximum absolute atomic E-state index is 8.65. The summed E-state index contributed by atoms with van der Waals surface area (Å²) < 4.78 is 0. The zero-order chi connectivity index (χ0) is 8.69. The summed E-state index contributed by atoms with van der Waals surface area (Å²) in [6.07, 6.45) is 6.78. The van der Waals surface area contributed by atoms with Gasteiger partial charge in [-0.05, 0) is 20.3 Å². The summed E-state index contributed by atoms with van der Waals surface area (Å²) in [6.45, 7) is 7.72. The van der Waals surface area contributed by atoms with Gasteiger partial charge in [-0.3, -0.25) is 0 Å². The largest absolute Gasteiger partial charge is 0.392 e. The fourth-order valence-electron chi connectivity index (χ4n) is 0.594. The molecule has 0 aliphatic rings. The van der Waals surface area contributed by atoms with Crippen molar-refractivity contribution in [3.8, 4) is 0 Å². The van der Waals surface area contributed by atoms with Crippen molar-refractivity contribution in [1.29, 1.82) is 0 Å². The number of rotatable bonds is 4. The molecule has 11 heavy (non-hydrogen) atoms. The summed E-state index contributed by atoms with van der Waals surface area (Å²) in [5.74, 6) is 0. The third-order valence-electron chi connectivity index (χ3n) is 1.48. The van der Waals surface area contributed by atoms with Crippen LogP contribution in [0, 0.1) is 0 Å². The molecule has 0 rings (SSSR count). The lowest BCUT2D eigenvalue weighted by Gasteiger charge is -1.92. The van der Waals surface area contributed by atoms with Crippen molar-refractivity contribution in [3.63, 3.8) is 0 Å². The standard InChI is InChI=1S/C10H16O/c1-4-9(2)6-5-7-10(3)8-11/h4,6-7,11H,1,5,8H2,2-3H3/b9-6-,10-7+. The molecule has 0 bridgehead atoms. The molecule has 0 fully saturated rings. The minimum Gasteiger partial charge on any atom is -0.392 e. The Morgan fingerprint density at radius 2 is 2.00 bits per heavy atom. The van der Waals surface area contributed by atoms with Crippen molar-refractivity contribution in [1.82, 2.24) is 0 Å². The van der Waals surface area contributed by atoms with Gasteiger partial charge in [0.2, 0.25) is 0 Å². The van der Waals surface area contributed by atoms with E-state index in [9.17, 15) is 0 Å². The zero-order valence-corrected chi connectivity index (χ0v) is 7.30. The molecule has 0 amide bonds. The SMILES string of the molecule is C=C/C(C)=C\C/C=C(\C)CO. The van der Waals surface area contributed by atoms with Gasteiger partial charge in [0.25, 0.3) is 0 Å². The Balaban J connectivity index is 3.80. The smallest absolute Gasteiger partial charge is 0.0639 e. The van der Waals surface area contributed by atoms with Crippen molar-refractivity contribution in [3.05, 3.63) is 36.0 Å². The molecule has 0 aliphatic heterocycles. The van der Waals surface area contributed by atoms with Crippen LogP contribution in [0.15, 0.2) is 36.0 Å². The fraction of sp³-hybridized carbons (Fsp3) is 0.400. The van der Waals surface area contributed by atoms with Crippen molar-refractivity contribution >= 4 is 0 Å². The van der Waals surface area contributed by atoms with Crippen LogP contribution in [0.5, 0.6) is 0 Å². The highest BCUT2D eigenvalue weighted by Gasteiger charge is 1.82. The first-order chi connectivity index (χ1) is 5.20. The summed E-state index contributed by atoms with van der Waals surface area (Å²) in [5.41, 5.74) is 2.19. The van der Waals surface area contributed by atoms with Gasteiger partial charge in [-0.2, -0.15) is 0 Å². The van der Waals surface area contributed by atoms with Crippen molar-refractivity contribution in [2.45, 2.75) is 20.3 Å². The van der Waals surface area contributed by atoms with Gasteiger partial charge < -0.3 is 5.11 Å². The number of aliphatic hydroxyl groups is 1. The third kappa shape index (κ3) is 5.62. The Bertz CT molecular complexity index is 175. The second kappa shape index (κ2) is 5.93. The molecule has 0 unspecified atom stereocenters. The summed E-state index contributed by atoms with van der Waals surface area (Å²) in [6, 6.07) is 0. The van der Waals surface area contributed by atoms with Crippen LogP contribution in [0.1, 0.15) is 20.3 Å². The van der Waals surface area contributed by atoms with Crippen LogP contribution in [0.25, 0.3) is 0 Å². The molecule has 0 saturated carbocycles. The molecule has 1 nitrogen and oxygen atoms in total. The third-order valence-corrected chi connectivity index (χ3v) is 1.48. The molecule has 0 radical (unpaired) electrons. The molecule has 0 aliphatic carbocycles. The highest BCUT2D eigenvalue weighted by Crippen LogP contribution is 1.99. The minimum absolute atomic E-state index is 0.154. The van der Waals surface area contributed by atoms with Gasteiger partial charge in [0.05, 0.1) is 6.61 Å². The normalized spacial score (nSPS) is 13.4. The quantitative estimate of drug-likeness (QED) is 0.484. The van der Waals surface area contributed by atoms with E-state index in [0.29, 0.717) is 0 Å². The van der Waals surface area contributed by atoms with E-state index in [4.69, 9.17) is 5.11 Å². The van der Waals surface area contributed by atoms with E-state index in [2.05, 4.69) is 12.7 Å². The highest BCUT2D eigenvalue weighted by molar-refractivity contribution is 5.15. The molecule has 0 atom stereocenters. The van der Waals surface area contributed by atoms with Crippen LogP contribution in [0.3, 0.4) is 0 Å². The molecule has 1 heteroatoms. The van der Waals surface area contributed by atoms with Gasteiger partial charge in [-0.15, -0.1) is 0 Å². The number of hydrogen-bond donors (Lipinski definition) is 1. The molecule has 0 aromatic heterocycles. The van der Waals surface area contributed by atoms with Crippen molar-refractivity contribution in [2.75, 3.05) is 6.61 Å². The average Bonchev–Trinajstić information content (AvgIpc) is 2.04. The zero-order valence-electron chi connectivity index (χ0n) is 7.30. The molecule has 62 valence electrons. The first-order valence-electron chi connectivity index (χ1n) is 3.76. The Morgan fingerprint density at radius 3 is 2.45 bits per heavy atom. The maximum Gasteiger partial charge on any atom is 0.0639 e. The lowest BCUT2D eigenvalue weighted by molar-refractivity contribution is 0.331. The Labute approximate surface area is 68.7 Å². The monoisotopic (exact) mass is 152 g/mol. The van der Waals surface area contributed by atoms with Gasteiger partial charge in [0, 0.05) is 0 Å². The molecular weight excluding hydrogens is 136 g/mol. The van der Waals surface area contributed by atoms with E-state index in [-0.39, 0.29) is 6.61 Å². The topological polar surface area (TPSA) is 20.2 Å². The lowest BCUT2D eigenvalue weighted by atomic mass is 10.2. The highest BCUT2D eigenvalue weighted by atomic mass is 16.3. The molecule has 0 aromatic carbocycles. The van der Waals surface area contributed by atoms with Crippen LogP contribution in [-0.4, -0.2) is 11.7 Å². The van der Waals surface area contributed by atoms with E-state index in [0.717, 1.165) is 12.0 Å². The summed E-state index contributed by atoms with van der Waals surface area (Å²) in [5, 5.41) is 8.65. The van der Waals surface area contributed by atoms with E-state index in [1.54, 1.807) is 0 Å². The van der Waals surface area contributed by atoms with Crippen LogP contribution >= 0.6 is 0 Å². The number of allylic oxidation sites excluding steroid dienone is 4. The number of aliphatic hydroxyl groups excluding tert-OH is 1. The molecule has 0 saturated heterocycles. The Morgan fingerprint density at radius 1 is 1.36 bits per heavy atom. The van der Waals surface area contributed by atoms with Crippen molar-refractivity contribution < 1.29 is 5.11 Å². The van der Waals surface area contributed by atoms with Crippen LogP contribution < -0.4 is 0 Å². The van der Waals surface area contributed by atoms with Crippen LogP contribution in [0.4, 0.5) is 0 Å². The average molecular weight is 152 g/mol. The molecule has 1 N–H and O–H groups in total. The van der Waals surface area contributed by atoms with E-state index in [1.165, 1.54) is 5.57 Å². The molecular formula is C10H16O. The van der Waals surface area contributed by atoms with Gasteiger partial charge in [0.15, 0.2) is 0 Å². The van der Waals surface area contributed by atoms with Gasteiger partial charge >= 0.3 is 0 Å². The Hall–Kier alpha value is -0.820. The predicted molar refractivity (Wildman–Crippen MR) is 49.4 cm³/mol. The lowest BCUT2D eigenvalue weighted by Crippen LogP contribution is -1.82. The first kappa shape index (κ1) is 10.2. The van der Waals surface area contributed by atoms with Gasteiger partial charge in [-0.25, -0.2) is 0 Å². The maximum atomic E-state index is 8.65. The summed E-state index contributed by atoms with van der Waals surface area (Å²) in [7, 11) is 0. The van der Waals surface area contributed by atoms with E-state index < -0.39 is 0 Å². The van der Waals surface area contributed by atoms with E-state index in [1.807, 2.05) is 26.0 Å². The first-order valence-corrected chi connectivity index (χ1v) is 3.76. The predicted octanol–water partition coefficient (Wildman–Crippen LogP) is 2.45. The van der Waals surface area contributed by atoms with E-state index >= 15 is 0 Å². The van der Waals surface area contributed by atoms with Gasteiger partial charge in [-0.1, -0.05) is 36.0 Å². The number of hydrogen-bond acceptors (Lipinski definition) is 1. The second-order valence-corrected chi connectivity index (χ2v) is 2.60. The summed E-state index contributed by atoms with van der Waals surface area (Å²) >= 11 is 0. The molecule has 0 spiro atoms. The minimum atomic E-state index is 0.154. The summed E-state index contributed by atoms with van der Waals surface area (Å²) in [4.78, 5) is 0. The molecule has 0 aromatic rings. The van der Waals surface area contributed by atoms with Crippen molar-refractivity contribution in [2.24, 2.45) is 0 Å². The fourth-order valence-corrected chi connectivity index (χ4v) is 0.594. The molecule has 0 heterocycles. The van der Waals surface area contributed by atoms with Gasteiger partial charge in [0.1, 0.15) is 0 Å². The second-order valence-electron chi connectivity index (χ2n) is 2.60. The Kier molecular flexibility index (Phi) is 5.49. The van der Waals surface area contributed by atoms with Crippen LogP contribution in [0.2, 0.25) is 0 Å².